The summed E-state index contributed by atoms with van der Waals surface area (Å²) < 4.78 is 20.8. The van der Waals surface area contributed by atoms with Crippen molar-refractivity contribution < 1.29 is 9.13 Å². The third-order valence-electron chi connectivity index (χ3n) is 6.48. The van der Waals surface area contributed by atoms with Gasteiger partial charge < -0.3 is 19.9 Å². The second-order valence-electron chi connectivity index (χ2n) is 8.55. The summed E-state index contributed by atoms with van der Waals surface area (Å²) in [6, 6.07) is 14.0. The molecule has 35 heavy (non-hydrogen) atoms. The minimum absolute atomic E-state index is 0.0906. The number of aryl methyl sites for hydroxylation is 1. The first kappa shape index (κ1) is 22.7. The van der Waals surface area contributed by atoms with Crippen molar-refractivity contribution >= 4 is 22.7 Å². The van der Waals surface area contributed by atoms with Gasteiger partial charge in [0.1, 0.15) is 23.5 Å². The van der Waals surface area contributed by atoms with Gasteiger partial charge in [0, 0.05) is 45.3 Å². The van der Waals surface area contributed by atoms with Crippen LogP contribution in [0.5, 0.6) is 11.6 Å². The fourth-order valence-corrected chi connectivity index (χ4v) is 4.39. The van der Waals surface area contributed by atoms with E-state index in [0.29, 0.717) is 22.7 Å². The van der Waals surface area contributed by atoms with E-state index >= 15 is 0 Å². The number of hydrogen-bond acceptors (Lipinski definition) is 8. The van der Waals surface area contributed by atoms with Gasteiger partial charge in [0.05, 0.1) is 5.52 Å². The predicted molar refractivity (Wildman–Crippen MR) is 132 cm³/mol. The van der Waals surface area contributed by atoms with Crippen LogP contribution in [0.1, 0.15) is 18.5 Å². The Morgan fingerprint density at radius 1 is 1.06 bits per heavy atom. The van der Waals surface area contributed by atoms with E-state index in [4.69, 9.17) is 10.5 Å². The van der Waals surface area contributed by atoms with E-state index in [9.17, 15) is 9.18 Å². The van der Waals surface area contributed by atoms with E-state index in [2.05, 4.69) is 31.7 Å². The fraction of sp³-hybridized carbons (Fsp3) is 0.280. The summed E-state index contributed by atoms with van der Waals surface area (Å²) in [5.41, 5.74) is 7.63. The summed E-state index contributed by atoms with van der Waals surface area (Å²) >= 11 is 0. The van der Waals surface area contributed by atoms with E-state index < -0.39 is 0 Å². The molecule has 1 aliphatic rings. The average Bonchev–Trinajstić information content (AvgIpc) is 2.88. The summed E-state index contributed by atoms with van der Waals surface area (Å²) in [6.07, 6.45) is 1.47. The summed E-state index contributed by atoms with van der Waals surface area (Å²) in [4.78, 5) is 29.6. The molecule has 0 unspecified atom stereocenters. The van der Waals surface area contributed by atoms with E-state index in [1.165, 1.54) is 23.0 Å². The summed E-state index contributed by atoms with van der Waals surface area (Å²) in [5, 5.41) is 0. The first-order valence-corrected chi connectivity index (χ1v) is 11.4. The molecular weight excluding hydrogens is 449 g/mol. The molecule has 0 amide bonds. The number of anilines is 2. The van der Waals surface area contributed by atoms with Crippen LogP contribution in [0.25, 0.3) is 11.0 Å². The number of ether oxygens (including phenoxy) is 1. The Morgan fingerprint density at radius 2 is 1.80 bits per heavy atom. The van der Waals surface area contributed by atoms with Crippen LogP contribution < -0.4 is 20.9 Å². The maximum Gasteiger partial charge on any atom is 0.293 e. The third kappa shape index (κ3) is 4.52. The Hall–Kier alpha value is -4.05. The number of rotatable bonds is 5. The highest BCUT2D eigenvalue weighted by Gasteiger charge is 2.23. The number of aromatic nitrogens is 4. The Balaban J connectivity index is 1.31. The maximum atomic E-state index is 13.3. The van der Waals surface area contributed by atoms with Gasteiger partial charge in [0.25, 0.3) is 5.56 Å². The van der Waals surface area contributed by atoms with Crippen LogP contribution in [-0.4, -0.2) is 50.6 Å². The zero-order valence-corrected chi connectivity index (χ0v) is 19.6. The molecule has 1 fully saturated rings. The monoisotopic (exact) mass is 475 g/mol. The molecule has 9 nitrogen and oxygen atoms in total. The fourth-order valence-electron chi connectivity index (χ4n) is 4.39. The van der Waals surface area contributed by atoms with E-state index in [1.54, 1.807) is 31.3 Å². The van der Waals surface area contributed by atoms with Crippen molar-refractivity contribution in [1.82, 2.24) is 24.4 Å². The van der Waals surface area contributed by atoms with E-state index in [-0.39, 0.29) is 23.2 Å². The molecule has 0 saturated carbocycles. The van der Waals surface area contributed by atoms with Crippen LogP contribution in [0.3, 0.4) is 0 Å². The maximum absolute atomic E-state index is 13.3. The lowest BCUT2D eigenvalue weighted by Gasteiger charge is -2.38. The average molecular weight is 476 g/mol. The number of benzene rings is 2. The van der Waals surface area contributed by atoms with Crippen molar-refractivity contribution in [3.63, 3.8) is 0 Å². The molecule has 1 aliphatic heterocycles. The minimum atomic E-state index is -0.355. The molecule has 5 rings (SSSR count). The molecule has 2 N–H and O–H groups in total. The zero-order valence-electron chi connectivity index (χ0n) is 19.6. The SMILES string of the molecule is C[C@H](c1ccc(F)cc1)N1CCN(c2cc(Oc3cccc4c3nc(N)c(=O)n4C)ncn2)CC1. The van der Waals surface area contributed by atoms with Crippen LogP contribution in [0.15, 0.2) is 59.7 Å². The van der Waals surface area contributed by atoms with Crippen molar-refractivity contribution in [3.8, 4) is 11.6 Å². The lowest BCUT2D eigenvalue weighted by atomic mass is 10.1. The minimum Gasteiger partial charge on any atom is -0.436 e. The van der Waals surface area contributed by atoms with Gasteiger partial charge in [-0.25, -0.2) is 19.3 Å². The summed E-state index contributed by atoms with van der Waals surface area (Å²) in [5.74, 6) is 1.28. The number of para-hydroxylation sites is 1. The lowest BCUT2D eigenvalue weighted by Crippen LogP contribution is -2.47. The topological polar surface area (TPSA) is 102 Å². The number of nitrogens with zero attached hydrogens (tertiary/aromatic N) is 6. The highest BCUT2D eigenvalue weighted by atomic mass is 19.1. The van der Waals surface area contributed by atoms with E-state index in [1.807, 2.05) is 12.1 Å². The summed E-state index contributed by atoms with van der Waals surface area (Å²) in [6.45, 7) is 5.41. The predicted octanol–water partition coefficient (Wildman–Crippen LogP) is 3.12. The summed E-state index contributed by atoms with van der Waals surface area (Å²) in [7, 11) is 1.64. The first-order valence-electron chi connectivity index (χ1n) is 11.4. The molecule has 180 valence electrons. The van der Waals surface area contributed by atoms with Gasteiger partial charge in [0.2, 0.25) is 5.88 Å². The van der Waals surface area contributed by atoms with Gasteiger partial charge in [-0.2, -0.15) is 0 Å². The van der Waals surface area contributed by atoms with Crippen LogP contribution in [-0.2, 0) is 7.05 Å². The van der Waals surface area contributed by atoms with Gasteiger partial charge in [-0.1, -0.05) is 18.2 Å². The molecular formula is C25H26FN7O2. The normalized spacial score (nSPS) is 15.3. The van der Waals surface area contributed by atoms with Crippen LogP contribution in [0.4, 0.5) is 16.0 Å². The van der Waals surface area contributed by atoms with Crippen molar-refractivity contribution in [2.24, 2.45) is 7.05 Å². The van der Waals surface area contributed by atoms with Crippen molar-refractivity contribution in [2.75, 3.05) is 36.8 Å². The van der Waals surface area contributed by atoms with Crippen molar-refractivity contribution in [1.29, 1.82) is 0 Å². The standard InChI is InChI=1S/C25H26FN7O2/c1-16(17-6-8-18(26)9-7-17)32-10-12-33(13-11-32)21-14-22(29-15-28-21)35-20-5-3-4-19-23(20)30-24(27)25(34)31(19)2/h3-9,14-16H,10-13H2,1-2H3,(H2,27,30)/t16-/m1/s1. The number of nitrogens with two attached hydrogens (primary N) is 1. The zero-order chi connectivity index (χ0) is 24.5. The molecule has 0 radical (unpaired) electrons. The molecule has 10 heteroatoms. The molecule has 0 bridgehead atoms. The van der Waals surface area contributed by atoms with Gasteiger partial charge >= 0.3 is 0 Å². The molecule has 3 heterocycles. The Labute approximate surface area is 201 Å². The van der Waals surface area contributed by atoms with Crippen molar-refractivity contribution in [3.05, 3.63) is 76.6 Å². The number of nitrogen functional groups attached to an aromatic ring is 1. The second kappa shape index (κ2) is 9.30. The molecule has 4 aromatic rings. The number of fused-ring (bicyclic) bond motifs is 1. The highest BCUT2D eigenvalue weighted by molar-refractivity contribution is 5.82. The smallest absolute Gasteiger partial charge is 0.293 e. The Morgan fingerprint density at radius 3 is 2.54 bits per heavy atom. The highest BCUT2D eigenvalue weighted by Crippen LogP contribution is 2.29. The molecule has 2 aromatic carbocycles. The molecule has 1 saturated heterocycles. The third-order valence-corrected chi connectivity index (χ3v) is 6.48. The van der Waals surface area contributed by atoms with Gasteiger partial charge in [-0.3, -0.25) is 9.69 Å². The largest absolute Gasteiger partial charge is 0.436 e. The molecule has 2 aromatic heterocycles. The van der Waals surface area contributed by atoms with E-state index in [0.717, 1.165) is 37.6 Å². The number of hydrogen-bond donors (Lipinski definition) is 1. The molecule has 0 spiro atoms. The Kier molecular flexibility index (Phi) is 6.04. The quantitative estimate of drug-likeness (QED) is 0.470. The van der Waals surface area contributed by atoms with Crippen LogP contribution in [0, 0.1) is 5.82 Å². The number of halogens is 1. The van der Waals surface area contributed by atoms with Crippen LogP contribution >= 0.6 is 0 Å². The van der Waals surface area contributed by atoms with Gasteiger partial charge in [-0.15, -0.1) is 0 Å². The number of piperazine rings is 1. The lowest BCUT2D eigenvalue weighted by molar-refractivity contribution is 0.198. The first-order chi connectivity index (χ1) is 16.9. The van der Waals surface area contributed by atoms with Gasteiger partial charge in [0.15, 0.2) is 11.6 Å². The Bertz CT molecular complexity index is 1420. The van der Waals surface area contributed by atoms with Gasteiger partial charge in [-0.05, 0) is 36.8 Å². The molecule has 0 aliphatic carbocycles. The van der Waals surface area contributed by atoms with Crippen LogP contribution in [0.2, 0.25) is 0 Å². The second-order valence-corrected chi connectivity index (χ2v) is 8.55. The van der Waals surface area contributed by atoms with Crippen molar-refractivity contribution in [2.45, 2.75) is 13.0 Å². The molecule has 1 atom stereocenters.